The monoisotopic (exact) mass is 422 g/mol. The summed E-state index contributed by atoms with van der Waals surface area (Å²) >= 11 is 1.63. The van der Waals surface area contributed by atoms with Crippen LogP contribution >= 0.6 is 11.3 Å². The zero-order valence-corrected chi connectivity index (χ0v) is 19.2. The molecule has 0 saturated carbocycles. The number of amides is 1. The quantitative estimate of drug-likeness (QED) is 0.544. The minimum Gasteiger partial charge on any atom is -0.481 e. The molecule has 1 amide bonds. The van der Waals surface area contributed by atoms with Gasteiger partial charge < -0.3 is 10.1 Å². The van der Waals surface area contributed by atoms with E-state index in [1.165, 1.54) is 11.1 Å². The Morgan fingerprint density at radius 1 is 1.10 bits per heavy atom. The number of aryl methyl sites for hydroxylation is 1. The summed E-state index contributed by atoms with van der Waals surface area (Å²) in [5.74, 6) is 0.580. The van der Waals surface area contributed by atoms with E-state index in [4.69, 9.17) is 4.74 Å². The third-order valence-corrected chi connectivity index (χ3v) is 5.87. The molecule has 1 unspecified atom stereocenters. The van der Waals surface area contributed by atoms with Gasteiger partial charge in [-0.1, -0.05) is 62.7 Å². The predicted octanol–water partition coefficient (Wildman–Crippen LogP) is 5.54. The maximum Gasteiger partial charge on any atom is 0.260 e. The smallest absolute Gasteiger partial charge is 0.260 e. The van der Waals surface area contributed by atoms with Crippen molar-refractivity contribution in [3.8, 4) is 16.3 Å². The lowest BCUT2D eigenvalue weighted by Gasteiger charge is -2.20. The van der Waals surface area contributed by atoms with E-state index in [9.17, 15) is 4.79 Å². The Labute approximate surface area is 183 Å². The number of carbonyl (C=O) groups is 1. The maximum absolute atomic E-state index is 12.4. The Bertz CT molecular complexity index is 970. The Morgan fingerprint density at radius 2 is 1.77 bits per heavy atom. The standard InChI is InChI=1S/C25H30N2O2S/c1-17-6-8-19(9-7-17)24-27-21(16-30-24)14-15-26-23(28)18(2)29-22-12-10-20(11-13-22)25(3,4)5/h6-13,16,18H,14-15H2,1-5H3,(H,26,28). The average molecular weight is 423 g/mol. The van der Waals surface area contributed by atoms with Gasteiger partial charge in [0.25, 0.3) is 5.91 Å². The summed E-state index contributed by atoms with van der Waals surface area (Å²) in [5, 5.41) is 6.00. The molecule has 158 valence electrons. The second-order valence-corrected chi connectivity index (χ2v) is 9.44. The summed E-state index contributed by atoms with van der Waals surface area (Å²) in [7, 11) is 0. The molecular weight excluding hydrogens is 392 g/mol. The Balaban J connectivity index is 1.47. The lowest BCUT2D eigenvalue weighted by molar-refractivity contribution is -0.127. The van der Waals surface area contributed by atoms with Crippen LogP contribution in [0.4, 0.5) is 0 Å². The number of rotatable bonds is 7. The van der Waals surface area contributed by atoms with Crippen molar-refractivity contribution in [1.82, 2.24) is 10.3 Å². The van der Waals surface area contributed by atoms with Gasteiger partial charge >= 0.3 is 0 Å². The number of nitrogens with one attached hydrogen (secondary N) is 1. The minimum absolute atomic E-state index is 0.0938. The highest BCUT2D eigenvalue weighted by Gasteiger charge is 2.16. The van der Waals surface area contributed by atoms with E-state index < -0.39 is 6.10 Å². The molecular formula is C25H30N2O2S. The van der Waals surface area contributed by atoms with E-state index in [-0.39, 0.29) is 11.3 Å². The number of nitrogens with zero attached hydrogens (tertiary/aromatic N) is 1. The molecule has 30 heavy (non-hydrogen) atoms. The molecule has 1 heterocycles. The fourth-order valence-corrected chi connectivity index (χ4v) is 3.86. The van der Waals surface area contributed by atoms with Crippen molar-refractivity contribution in [3.63, 3.8) is 0 Å². The Hall–Kier alpha value is -2.66. The predicted molar refractivity (Wildman–Crippen MR) is 124 cm³/mol. The van der Waals surface area contributed by atoms with Crippen LogP contribution < -0.4 is 10.1 Å². The van der Waals surface area contributed by atoms with Crippen LogP contribution in [0.25, 0.3) is 10.6 Å². The Kier molecular flexibility index (Phi) is 6.93. The molecule has 1 aromatic heterocycles. The van der Waals surface area contributed by atoms with Crippen molar-refractivity contribution < 1.29 is 9.53 Å². The van der Waals surface area contributed by atoms with Crippen LogP contribution in [0.15, 0.2) is 53.9 Å². The summed E-state index contributed by atoms with van der Waals surface area (Å²) in [5.41, 5.74) is 4.68. The molecule has 0 saturated heterocycles. The van der Waals surface area contributed by atoms with Crippen LogP contribution in [0.3, 0.4) is 0 Å². The zero-order valence-electron chi connectivity index (χ0n) is 18.4. The molecule has 1 N–H and O–H groups in total. The molecule has 3 aromatic rings. The number of hydrogen-bond donors (Lipinski definition) is 1. The van der Waals surface area contributed by atoms with E-state index in [0.717, 1.165) is 16.3 Å². The number of ether oxygens (including phenoxy) is 1. The fourth-order valence-electron chi connectivity index (χ4n) is 3.00. The van der Waals surface area contributed by atoms with Crippen molar-refractivity contribution in [2.75, 3.05) is 6.54 Å². The molecule has 0 radical (unpaired) electrons. The van der Waals surface area contributed by atoms with Gasteiger partial charge in [-0.2, -0.15) is 0 Å². The number of thiazole rings is 1. The van der Waals surface area contributed by atoms with Crippen molar-refractivity contribution >= 4 is 17.2 Å². The third-order valence-electron chi connectivity index (χ3n) is 4.93. The van der Waals surface area contributed by atoms with Gasteiger partial charge in [0.15, 0.2) is 6.10 Å². The number of hydrogen-bond acceptors (Lipinski definition) is 4. The lowest BCUT2D eigenvalue weighted by Crippen LogP contribution is -2.37. The Morgan fingerprint density at radius 3 is 2.40 bits per heavy atom. The topological polar surface area (TPSA) is 51.2 Å². The third kappa shape index (κ3) is 5.92. The van der Waals surface area contributed by atoms with Crippen molar-refractivity contribution in [2.24, 2.45) is 0 Å². The van der Waals surface area contributed by atoms with Gasteiger partial charge in [0.2, 0.25) is 0 Å². The molecule has 0 aliphatic rings. The highest BCUT2D eigenvalue weighted by molar-refractivity contribution is 7.13. The van der Waals surface area contributed by atoms with E-state index >= 15 is 0 Å². The van der Waals surface area contributed by atoms with Crippen LogP contribution in [-0.4, -0.2) is 23.5 Å². The average Bonchev–Trinajstić information content (AvgIpc) is 3.17. The second kappa shape index (κ2) is 9.43. The van der Waals surface area contributed by atoms with E-state index in [2.05, 4.69) is 67.6 Å². The van der Waals surface area contributed by atoms with Crippen LogP contribution in [0.2, 0.25) is 0 Å². The van der Waals surface area contributed by atoms with Crippen LogP contribution in [0, 0.1) is 6.92 Å². The summed E-state index contributed by atoms with van der Waals surface area (Å²) in [6.07, 6.45) is 0.144. The highest BCUT2D eigenvalue weighted by atomic mass is 32.1. The fraction of sp³-hybridized carbons (Fsp3) is 0.360. The first-order valence-electron chi connectivity index (χ1n) is 10.3. The molecule has 5 heteroatoms. The molecule has 0 aliphatic carbocycles. The first kappa shape index (κ1) is 22.0. The van der Waals surface area contributed by atoms with E-state index in [0.29, 0.717) is 18.7 Å². The number of aromatic nitrogens is 1. The SMILES string of the molecule is Cc1ccc(-c2nc(CCNC(=O)C(C)Oc3ccc(C(C)(C)C)cc3)cs2)cc1. The summed E-state index contributed by atoms with van der Waals surface area (Å²) in [6.45, 7) is 10.9. The van der Waals surface area contributed by atoms with Gasteiger partial charge in [-0.05, 0) is 37.0 Å². The summed E-state index contributed by atoms with van der Waals surface area (Å²) in [4.78, 5) is 17.1. The van der Waals surface area contributed by atoms with Gasteiger partial charge in [-0.25, -0.2) is 4.98 Å². The molecule has 3 rings (SSSR count). The molecule has 0 aliphatic heterocycles. The second-order valence-electron chi connectivity index (χ2n) is 8.59. The van der Waals surface area contributed by atoms with E-state index in [1.807, 2.05) is 24.3 Å². The van der Waals surface area contributed by atoms with Crippen molar-refractivity contribution in [3.05, 3.63) is 70.7 Å². The zero-order chi connectivity index (χ0) is 21.7. The van der Waals surface area contributed by atoms with Crippen LogP contribution in [0.1, 0.15) is 44.5 Å². The maximum atomic E-state index is 12.4. The highest BCUT2D eigenvalue weighted by Crippen LogP contribution is 2.25. The number of benzene rings is 2. The summed E-state index contributed by atoms with van der Waals surface area (Å²) in [6, 6.07) is 16.3. The minimum atomic E-state index is -0.552. The molecule has 0 bridgehead atoms. The van der Waals surface area contributed by atoms with Gasteiger partial charge in [0.05, 0.1) is 5.69 Å². The van der Waals surface area contributed by atoms with E-state index in [1.54, 1.807) is 18.3 Å². The van der Waals surface area contributed by atoms with Crippen LogP contribution in [0.5, 0.6) is 5.75 Å². The molecule has 0 spiro atoms. The largest absolute Gasteiger partial charge is 0.481 e. The van der Waals surface area contributed by atoms with Gasteiger partial charge in [0.1, 0.15) is 10.8 Å². The molecule has 2 aromatic carbocycles. The van der Waals surface area contributed by atoms with Gasteiger partial charge in [-0.3, -0.25) is 4.79 Å². The van der Waals surface area contributed by atoms with Gasteiger partial charge in [-0.15, -0.1) is 11.3 Å². The summed E-state index contributed by atoms with van der Waals surface area (Å²) < 4.78 is 5.79. The molecule has 1 atom stereocenters. The first-order valence-corrected chi connectivity index (χ1v) is 11.2. The van der Waals surface area contributed by atoms with Crippen LogP contribution in [-0.2, 0) is 16.6 Å². The number of carbonyl (C=O) groups excluding carboxylic acids is 1. The first-order chi connectivity index (χ1) is 14.2. The molecule has 4 nitrogen and oxygen atoms in total. The van der Waals surface area contributed by atoms with Gasteiger partial charge in [0, 0.05) is 23.9 Å². The normalized spacial score (nSPS) is 12.4. The van der Waals surface area contributed by atoms with Crippen molar-refractivity contribution in [2.45, 2.75) is 52.6 Å². The van der Waals surface area contributed by atoms with Crippen molar-refractivity contribution in [1.29, 1.82) is 0 Å². The lowest BCUT2D eigenvalue weighted by atomic mass is 9.87. The molecule has 0 fully saturated rings.